The molecule has 1 fully saturated rings. The minimum Gasteiger partial charge on any atom is -0.393 e. The number of aliphatic hydroxyl groups excluding tert-OH is 7. The van der Waals surface area contributed by atoms with Crippen molar-refractivity contribution in [2.45, 2.75) is 210 Å². The molecule has 0 heterocycles. The summed E-state index contributed by atoms with van der Waals surface area (Å²) in [5.74, 6) is -0.618. The lowest BCUT2D eigenvalue weighted by atomic mass is 9.85. The summed E-state index contributed by atoms with van der Waals surface area (Å²) in [6.45, 7) is 3.65. The highest BCUT2D eigenvalue weighted by Crippen LogP contribution is 2.47. The Hall–Kier alpha value is -1.74. The fourth-order valence-electron chi connectivity index (χ4n) is 6.54. The Morgan fingerprint density at radius 2 is 1.09 bits per heavy atom. The Bertz CT molecular complexity index is 1170. The molecule has 9 N–H and O–H groups in total. The molecule has 14 heteroatoms. The fraction of sp³-hybridized carbons (Fsp3) is 0.791. The minimum absolute atomic E-state index is 0.268. The zero-order valence-electron chi connectivity index (χ0n) is 34.7. The molecule has 0 aliphatic heterocycles. The van der Waals surface area contributed by atoms with Crippen LogP contribution in [0.5, 0.6) is 0 Å². The van der Waals surface area contributed by atoms with E-state index in [4.69, 9.17) is 9.05 Å². The predicted octanol–water partition coefficient (Wildman–Crippen LogP) is 6.36. The zero-order chi connectivity index (χ0) is 42.3. The molecular weight excluding hydrogens is 753 g/mol. The molecule has 8 atom stereocenters. The van der Waals surface area contributed by atoms with Gasteiger partial charge in [0.1, 0.15) is 36.6 Å². The first-order chi connectivity index (χ1) is 27.3. The van der Waals surface area contributed by atoms with Crippen molar-refractivity contribution in [2.24, 2.45) is 0 Å². The molecule has 0 spiro atoms. The van der Waals surface area contributed by atoms with E-state index in [2.05, 4.69) is 55.6 Å². The van der Waals surface area contributed by atoms with Gasteiger partial charge in [0.15, 0.2) is 0 Å². The summed E-state index contributed by atoms with van der Waals surface area (Å²) < 4.78 is 22.8. The molecule has 0 aromatic heterocycles. The van der Waals surface area contributed by atoms with E-state index < -0.39 is 75.2 Å². The maximum absolute atomic E-state index is 12.9. The summed E-state index contributed by atoms with van der Waals surface area (Å²) in [5, 5.41) is 74.2. The lowest BCUT2D eigenvalue weighted by Gasteiger charge is -2.41. The molecule has 13 nitrogen and oxygen atoms in total. The van der Waals surface area contributed by atoms with E-state index in [0.29, 0.717) is 12.8 Å². The first-order valence-electron chi connectivity index (χ1n) is 21.7. The van der Waals surface area contributed by atoms with E-state index in [-0.39, 0.29) is 6.42 Å². The van der Waals surface area contributed by atoms with Crippen molar-refractivity contribution in [1.29, 1.82) is 0 Å². The molecule has 332 valence electrons. The molecular formula is C43H78NO12P. The van der Waals surface area contributed by atoms with E-state index in [9.17, 15) is 50.0 Å². The molecule has 1 aliphatic rings. The second-order valence-corrected chi connectivity index (χ2v) is 16.8. The largest absolute Gasteiger partial charge is 0.472 e. The van der Waals surface area contributed by atoms with Gasteiger partial charge >= 0.3 is 7.82 Å². The van der Waals surface area contributed by atoms with Gasteiger partial charge in [-0.1, -0.05) is 140 Å². The third-order valence-electron chi connectivity index (χ3n) is 10.2. The van der Waals surface area contributed by atoms with Crippen molar-refractivity contribution in [2.75, 3.05) is 6.61 Å². The predicted molar refractivity (Wildman–Crippen MR) is 224 cm³/mol. The fourth-order valence-corrected chi connectivity index (χ4v) is 7.51. The van der Waals surface area contributed by atoms with Crippen molar-refractivity contribution in [1.82, 2.24) is 5.32 Å². The highest BCUT2D eigenvalue weighted by Gasteiger charge is 2.51. The Morgan fingerprint density at radius 1 is 0.632 bits per heavy atom. The van der Waals surface area contributed by atoms with Crippen LogP contribution in [-0.4, -0.2) is 108 Å². The number of phosphoric acid groups is 1. The van der Waals surface area contributed by atoms with Gasteiger partial charge in [0, 0.05) is 0 Å². The number of carbonyl (C=O) groups excluding carboxylic acids is 1. The van der Waals surface area contributed by atoms with Gasteiger partial charge in [-0.05, 0) is 57.8 Å². The molecule has 0 saturated heterocycles. The lowest BCUT2D eigenvalue weighted by Crippen LogP contribution is -2.64. The number of hydrogen-bond donors (Lipinski definition) is 9. The number of nitrogens with one attached hydrogen (secondary N) is 1. The Kier molecular flexibility index (Phi) is 30.9. The highest BCUT2D eigenvalue weighted by atomic mass is 31.2. The molecule has 0 bridgehead atoms. The summed E-state index contributed by atoms with van der Waals surface area (Å²) in [6.07, 6.45) is 23.5. The van der Waals surface area contributed by atoms with Gasteiger partial charge in [-0.3, -0.25) is 13.8 Å². The Balaban J connectivity index is 2.65. The van der Waals surface area contributed by atoms with Crippen LogP contribution in [0, 0.1) is 0 Å². The topological polar surface area (TPSA) is 226 Å². The number of phosphoric ester groups is 1. The number of carbonyl (C=O) groups is 1. The van der Waals surface area contributed by atoms with Gasteiger partial charge < -0.3 is 46.0 Å². The van der Waals surface area contributed by atoms with E-state index in [1.54, 1.807) is 6.08 Å². The molecule has 0 aromatic carbocycles. The number of aliphatic hydroxyl groups is 7. The van der Waals surface area contributed by atoms with Gasteiger partial charge in [-0.15, -0.1) is 0 Å². The molecule has 0 aromatic rings. The summed E-state index contributed by atoms with van der Waals surface area (Å²) >= 11 is 0. The maximum atomic E-state index is 12.9. The summed E-state index contributed by atoms with van der Waals surface area (Å²) in [6, 6.07) is -1.26. The number of hydrogen-bond acceptors (Lipinski definition) is 11. The lowest BCUT2D eigenvalue weighted by molar-refractivity contribution is -0.220. The minimum atomic E-state index is -5.15. The summed E-state index contributed by atoms with van der Waals surface area (Å²) in [7, 11) is -5.15. The average Bonchev–Trinajstić information content (AvgIpc) is 3.18. The van der Waals surface area contributed by atoms with Crippen LogP contribution in [0.3, 0.4) is 0 Å². The maximum Gasteiger partial charge on any atom is 0.472 e. The van der Waals surface area contributed by atoms with E-state index in [1.807, 2.05) is 0 Å². The number of rotatable bonds is 34. The number of allylic oxidation sites excluding steroid dienone is 7. The zero-order valence-corrected chi connectivity index (χ0v) is 35.6. The molecule has 1 rings (SSSR count). The summed E-state index contributed by atoms with van der Waals surface area (Å²) in [4.78, 5) is 23.3. The van der Waals surface area contributed by atoms with Crippen LogP contribution >= 0.6 is 7.82 Å². The van der Waals surface area contributed by atoms with Crippen LogP contribution in [0.15, 0.2) is 48.6 Å². The first-order valence-corrected chi connectivity index (χ1v) is 23.2. The van der Waals surface area contributed by atoms with Gasteiger partial charge in [0.2, 0.25) is 5.91 Å². The van der Waals surface area contributed by atoms with Gasteiger partial charge in [0.05, 0.1) is 31.3 Å². The van der Waals surface area contributed by atoms with E-state index in [1.165, 1.54) is 70.3 Å². The van der Waals surface area contributed by atoms with Crippen LogP contribution in [0.25, 0.3) is 0 Å². The van der Waals surface area contributed by atoms with Crippen molar-refractivity contribution in [3.05, 3.63) is 48.6 Å². The van der Waals surface area contributed by atoms with Crippen LogP contribution in [-0.2, 0) is 18.4 Å². The van der Waals surface area contributed by atoms with Gasteiger partial charge in [-0.2, -0.15) is 0 Å². The Morgan fingerprint density at radius 3 is 1.68 bits per heavy atom. The smallest absolute Gasteiger partial charge is 0.393 e. The van der Waals surface area contributed by atoms with Gasteiger partial charge in [0.25, 0.3) is 0 Å². The van der Waals surface area contributed by atoms with Crippen molar-refractivity contribution >= 4 is 13.7 Å². The van der Waals surface area contributed by atoms with Crippen LogP contribution in [0.4, 0.5) is 0 Å². The molecule has 1 amide bonds. The van der Waals surface area contributed by atoms with Crippen molar-refractivity contribution in [3.8, 4) is 0 Å². The van der Waals surface area contributed by atoms with Crippen molar-refractivity contribution in [3.63, 3.8) is 0 Å². The third kappa shape index (κ3) is 25.5. The average molecular weight is 832 g/mol. The van der Waals surface area contributed by atoms with Crippen molar-refractivity contribution < 1.29 is 59.0 Å². The Labute approximate surface area is 342 Å². The SMILES string of the molecule is CCCCC/C=C\C=C/CCCCCCC(O)CC(=O)NC(COP(=O)(O)OC1C(O)C(O)C(O)C(O)C1O)C(O)/C=C/CC/C=C/CCCCCCCCCC. The monoisotopic (exact) mass is 832 g/mol. The third-order valence-corrected chi connectivity index (χ3v) is 11.1. The number of amides is 1. The standard InChI is InChI=1S/C43H78NO12P/c1-3-5-7-9-11-13-15-17-19-21-23-25-27-29-31-36(46)35(33-55-57(53,54)56-43-41(51)39(49)38(48)40(50)42(43)52)44-37(47)32-34(45)30-28-26-24-22-20-18-16-14-12-10-8-6-4-2/h12,14,16,18,21,23,29,31,34-36,38-43,45-46,48-52H,3-11,13,15,17,19-20,22,24-28,30,32-33H2,1-2H3,(H,44,47)(H,53,54)/b14-12-,18-16-,23-21+,31-29+. The molecule has 57 heavy (non-hydrogen) atoms. The van der Waals surface area contributed by atoms with E-state index >= 15 is 0 Å². The molecule has 1 saturated carbocycles. The first kappa shape index (κ1) is 53.3. The van der Waals surface area contributed by atoms with Crippen LogP contribution < -0.4 is 5.32 Å². The van der Waals surface area contributed by atoms with Crippen LogP contribution in [0.1, 0.15) is 155 Å². The molecule has 1 aliphatic carbocycles. The van der Waals surface area contributed by atoms with Gasteiger partial charge in [-0.25, -0.2) is 4.57 Å². The molecule has 8 unspecified atom stereocenters. The number of unbranched alkanes of at least 4 members (excludes halogenated alkanes) is 16. The molecule has 0 radical (unpaired) electrons. The normalized spacial score (nSPS) is 24.5. The van der Waals surface area contributed by atoms with E-state index in [0.717, 1.165) is 57.8 Å². The second kappa shape index (κ2) is 33.0. The second-order valence-electron chi connectivity index (χ2n) is 15.4. The quantitative estimate of drug-likeness (QED) is 0.0150. The summed E-state index contributed by atoms with van der Waals surface area (Å²) in [5.41, 5.74) is 0. The highest BCUT2D eigenvalue weighted by molar-refractivity contribution is 7.47. The van der Waals surface area contributed by atoms with Crippen LogP contribution in [0.2, 0.25) is 0 Å².